The minimum Gasteiger partial charge on any atom is -0.354 e. The molecule has 152 valence electrons. The summed E-state index contributed by atoms with van der Waals surface area (Å²) in [5.41, 5.74) is 2.42. The quantitative estimate of drug-likeness (QED) is 0.623. The van der Waals surface area contributed by atoms with E-state index in [4.69, 9.17) is 23.2 Å². The summed E-state index contributed by atoms with van der Waals surface area (Å²) < 4.78 is 17.2. The zero-order chi connectivity index (χ0) is 20.4. The number of piperazine rings is 1. The van der Waals surface area contributed by atoms with Crippen LogP contribution < -0.4 is 14.9 Å². The second-order valence-electron chi connectivity index (χ2n) is 6.68. The molecule has 29 heavy (non-hydrogen) atoms. The first-order valence-electron chi connectivity index (χ1n) is 9.09. The molecular weight excluding hydrogens is 431 g/mol. The second-order valence-corrected chi connectivity index (χ2v) is 8.65. The highest BCUT2D eigenvalue weighted by atomic mass is 35.5. The lowest BCUT2D eigenvalue weighted by Crippen LogP contribution is -2.43. The van der Waals surface area contributed by atoms with Gasteiger partial charge in [-0.25, -0.2) is 9.19 Å². The summed E-state index contributed by atoms with van der Waals surface area (Å²) in [7, 11) is 0.172. The van der Waals surface area contributed by atoms with E-state index in [0.29, 0.717) is 20.6 Å². The van der Waals surface area contributed by atoms with Gasteiger partial charge in [-0.05, 0) is 35.4 Å². The first kappa shape index (κ1) is 20.2. The molecule has 1 aromatic carbocycles. The maximum absolute atomic E-state index is 12.7. The predicted molar refractivity (Wildman–Crippen MR) is 118 cm³/mol. The van der Waals surface area contributed by atoms with Crippen LogP contribution in [0.4, 0.5) is 11.5 Å². The summed E-state index contributed by atoms with van der Waals surface area (Å²) in [6, 6.07) is 7.50. The first-order chi connectivity index (χ1) is 14.0. The van der Waals surface area contributed by atoms with E-state index in [-0.39, 0.29) is 0 Å². The zero-order valence-electron chi connectivity index (χ0n) is 15.7. The fourth-order valence-corrected chi connectivity index (χ4v) is 5.00. The third kappa shape index (κ3) is 4.56. The SMILES string of the molecule is Cn1cc(NS(=O)c2c(Cl)cc(-c3ccnc(N4CCNCC4)c3)cc2Cl)cn1. The monoisotopic (exact) mass is 450 g/mol. The number of hydrogen-bond acceptors (Lipinski definition) is 5. The van der Waals surface area contributed by atoms with Crippen molar-refractivity contribution in [3.8, 4) is 11.1 Å². The molecule has 1 atom stereocenters. The number of hydrogen-bond donors (Lipinski definition) is 2. The summed E-state index contributed by atoms with van der Waals surface area (Å²) in [4.78, 5) is 7.08. The Morgan fingerprint density at radius 1 is 1.14 bits per heavy atom. The molecule has 10 heteroatoms. The third-order valence-corrected chi connectivity index (χ3v) is 6.67. The van der Waals surface area contributed by atoms with Gasteiger partial charge in [0, 0.05) is 45.6 Å². The highest BCUT2D eigenvalue weighted by molar-refractivity contribution is 7.86. The van der Waals surface area contributed by atoms with Gasteiger partial charge in [0.15, 0.2) is 11.0 Å². The van der Waals surface area contributed by atoms with Crippen LogP contribution >= 0.6 is 23.2 Å². The van der Waals surface area contributed by atoms with E-state index in [1.54, 1.807) is 42.5 Å². The van der Waals surface area contributed by atoms with Gasteiger partial charge in [-0.1, -0.05) is 23.2 Å². The molecule has 3 heterocycles. The maximum atomic E-state index is 12.7. The van der Waals surface area contributed by atoms with Crippen LogP contribution in [0.1, 0.15) is 0 Å². The molecule has 0 bridgehead atoms. The van der Waals surface area contributed by atoms with Crippen LogP contribution in [0, 0.1) is 0 Å². The molecule has 0 spiro atoms. The molecule has 1 aliphatic rings. The molecule has 2 N–H and O–H groups in total. The van der Waals surface area contributed by atoms with Crippen LogP contribution in [0.15, 0.2) is 47.8 Å². The highest BCUT2D eigenvalue weighted by Crippen LogP contribution is 2.35. The van der Waals surface area contributed by atoms with Crippen molar-refractivity contribution in [3.63, 3.8) is 0 Å². The van der Waals surface area contributed by atoms with Crippen LogP contribution in [0.5, 0.6) is 0 Å². The number of aryl methyl sites for hydroxylation is 1. The average Bonchev–Trinajstić information content (AvgIpc) is 3.12. The van der Waals surface area contributed by atoms with Crippen molar-refractivity contribution in [2.75, 3.05) is 35.8 Å². The molecule has 3 aromatic rings. The largest absolute Gasteiger partial charge is 0.354 e. The van der Waals surface area contributed by atoms with Crippen LogP contribution in [0.25, 0.3) is 11.1 Å². The average molecular weight is 451 g/mol. The molecule has 1 fully saturated rings. The van der Waals surface area contributed by atoms with Gasteiger partial charge in [0.1, 0.15) is 5.82 Å². The fraction of sp³-hybridized carbons (Fsp3) is 0.263. The van der Waals surface area contributed by atoms with E-state index < -0.39 is 11.0 Å². The van der Waals surface area contributed by atoms with Crippen molar-refractivity contribution >= 4 is 45.7 Å². The minimum absolute atomic E-state index is 0.336. The van der Waals surface area contributed by atoms with Gasteiger partial charge in [0.25, 0.3) is 0 Å². The Labute approximate surface area is 181 Å². The standard InChI is InChI=1S/C19H20Cl2N6OS/c1-26-12-15(11-24-26)25-29(28)19-16(20)8-14(9-17(19)21)13-2-3-23-18(10-13)27-6-4-22-5-7-27/h2-3,8-12,22,25H,4-7H2,1H3. The Bertz CT molecular complexity index is 1030. The second kappa shape index (κ2) is 8.71. The van der Waals surface area contributed by atoms with E-state index in [1.165, 1.54) is 0 Å². The van der Waals surface area contributed by atoms with Crippen LogP contribution in [-0.4, -0.2) is 45.2 Å². The molecule has 0 aliphatic carbocycles. The topological polar surface area (TPSA) is 75.1 Å². The van der Waals surface area contributed by atoms with Gasteiger partial charge < -0.3 is 10.2 Å². The van der Waals surface area contributed by atoms with E-state index in [1.807, 2.05) is 12.1 Å². The van der Waals surface area contributed by atoms with E-state index in [2.05, 4.69) is 25.0 Å². The minimum atomic E-state index is -1.61. The van der Waals surface area contributed by atoms with Crippen molar-refractivity contribution in [1.82, 2.24) is 20.1 Å². The Morgan fingerprint density at radius 2 is 1.86 bits per heavy atom. The van der Waals surface area contributed by atoms with Crippen LogP contribution in [0.3, 0.4) is 0 Å². The van der Waals surface area contributed by atoms with Crippen molar-refractivity contribution in [1.29, 1.82) is 0 Å². The molecule has 0 amide bonds. The van der Waals surface area contributed by atoms with Gasteiger partial charge in [0.2, 0.25) is 0 Å². The molecule has 1 saturated heterocycles. The zero-order valence-corrected chi connectivity index (χ0v) is 18.1. The van der Waals surface area contributed by atoms with E-state index in [0.717, 1.165) is 43.1 Å². The van der Waals surface area contributed by atoms with Crippen molar-refractivity contribution in [3.05, 3.63) is 52.9 Å². The normalized spacial score (nSPS) is 15.3. The summed E-state index contributed by atoms with van der Waals surface area (Å²) in [6.07, 6.45) is 5.09. The predicted octanol–water partition coefficient (Wildman–Crippen LogP) is 3.33. The lowest BCUT2D eigenvalue weighted by Gasteiger charge is -2.28. The van der Waals surface area contributed by atoms with Gasteiger partial charge in [-0.2, -0.15) is 5.10 Å². The molecule has 2 aromatic heterocycles. The van der Waals surface area contributed by atoms with Gasteiger partial charge >= 0.3 is 0 Å². The van der Waals surface area contributed by atoms with Crippen molar-refractivity contribution in [2.24, 2.45) is 7.05 Å². The Balaban J connectivity index is 1.60. The Hall–Kier alpha value is -2.13. The van der Waals surface area contributed by atoms with Gasteiger partial charge in [-0.15, -0.1) is 0 Å². The molecular formula is C19H20Cl2N6OS. The van der Waals surface area contributed by atoms with Crippen molar-refractivity contribution in [2.45, 2.75) is 4.90 Å². The highest BCUT2D eigenvalue weighted by Gasteiger charge is 2.18. The van der Waals surface area contributed by atoms with E-state index in [9.17, 15) is 4.21 Å². The molecule has 1 unspecified atom stereocenters. The molecule has 1 aliphatic heterocycles. The van der Waals surface area contributed by atoms with E-state index >= 15 is 0 Å². The maximum Gasteiger partial charge on any atom is 0.153 e. The summed E-state index contributed by atoms with van der Waals surface area (Å²) >= 11 is 12.9. The van der Waals surface area contributed by atoms with Crippen molar-refractivity contribution < 1.29 is 4.21 Å². The molecule has 0 radical (unpaired) electrons. The van der Waals surface area contributed by atoms with Crippen LogP contribution in [-0.2, 0) is 18.0 Å². The fourth-order valence-electron chi connectivity index (χ4n) is 3.20. The summed E-state index contributed by atoms with van der Waals surface area (Å²) in [5.74, 6) is 0.919. The number of aromatic nitrogens is 3. The number of halogens is 2. The number of pyridine rings is 1. The smallest absolute Gasteiger partial charge is 0.153 e. The molecule has 0 saturated carbocycles. The number of nitrogens with one attached hydrogen (secondary N) is 2. The lowest BCUT2D eigenvalue weighted by atomic mass is 10.1. The number of rotatable bonds is 5. The molecule has 7 nitrogen and oxygen atoms in total. The third-order valence-electron chi connectivity index (χ3n) is 4.62. The Kier molecular flexibility index (Phi) is 6.05. The summed E-state index contributed by atoms with van der Waals surface area (Å²) in [6.45, 7) is 3.70. The number of anilines is 2. The van der Waals surface area contributed by atoms with Gasteiger partial charge in [-0.3, -0.25) is 9.40 Å². The lowest BCUT2D eigenvalue weighted by molar-refractivity contribution is 0.585. The van der Waals surface area contributed by atoms with Gasteiger partial charge in [0.05, 0.1) is 26.8 Å². The first-order valence-corrected chi connectivity index (χ1v) is 11.0. The number of nitrogens with zero attached hydrogens (tertiary/aromatic N) is 4. The summed E-state index contributed by atoms with van der Waals surface area (Å²) in [5, 5.41) is 8.06. The Morgan fingerprint density at radius 3 is 2.52 bits per heavy atom. The van der Waals surface area contributed by atoms with Crippen LogP contribution in [0.2, 0.25) is 10.0 Å². The molecule has 4 rings (SSSR count). The number of benzene rings is 1.